The number of esters is 1. The number of carbonyl (C=O) groups excluding carboxylic acids is 1. The smallest absolute Gasteiger partial charge is 0.363 e. The van der Waals surface area contributed by atoms with E-state index in [-0.39, 0.29) is 5.70 Å². The van der Waals surface area contributed by atoms with E-state index in [1.54, 1.807) is 6.08 Å². The van der Waals surface area contributed by atoms with Crippen molar-refractivity contribution in [2.45, 2.75) is 6.61 Å². The SMILES string of the molecule is O=C1OC(c2ccc(I)c(Br)c2)=N/C1=C\c1cccc(OCc2ccc(I)cc2)c1. The summed E-state index contributed by atoms with van der Waals surface area (Å²) >= 11 is 7.99. The molecule has 0 saturated heterocycles. The Bertz CT molecular complexity index is 1170. The van der Waals surface area contributed by atoms with Crippen LogP contribution in [0.1, 0.15) is 16.7 Å². The maximum Gasteiger partial charge on any atom is 0.363 e. The van der Waals surface area contributed by atoms with Gasteiger partial charge in [0.25, 0.3) is 0 Å². The number of carbonyl (C=O) groups is 1. The van der Waals surface area contributed by atoms with Crippen molar-refractivity contribution in [3.05, 3.63) is 101 Å². The predicted molar refractivity (Wildman–Crippen MR) is 137 cm³/mol. The highest BCUT2D eigenvalue weighted by atomic mass is 127. The second-order valence-corrected chi connectivity index (χ2v) is 9.71. The molecule has 0 unspecified atom stereocenters. The molecule has 30 heavy (non-hydrogen) atoms. The fourth-order valence-electron chi connectivity index (χ4n) is 2.76. The molecule has 0 fully saturated rings. The average Bonchev–Trinajstić information content (AvgIpc) is 3.10. The summed E-state index contributed by atoms with van der Waals surface area (Å²) in [6, 6.07) is 21.4. The van der Waals surface area contributed by atoms with E-state index in [4.69, 9.17) is 9.47 Å². The Morgan fingerprint density at radius 2 is 1.83 bits per heavy atom. The van der Waals surface area contributed by atoms with Crippen LogP contribution in [0.2, 0.25) is 0 Å². The average molecular weight is 686 g/mol. The summed E-state index contributed by atoms with van der Waals surface area (Å²) < 4.78 is 14.4. The molecule has 1 heterocycles. The fourth-order valence-corrected chi connectivity index (χ4v) is 3.83. The maximum absolute atomic E-state index is 12.3. The summed E-state index contributed by atoms with van der Waals surface area (Å²) in [7, 11) is 0. The highest BCUT2D eigenvalue weighted by Gasteiger charge is 2.24. The van der Waals surface area contributed by atoms with E-state index in [1.807, 2.05) is 66.7 Å². The van der Waals surface area contributed by atoms with Gasteiger partial charge in [0.2, 0.25) is 5.90 Å². The summed E-state index contributed by atoms with van der Waals surface area (Å²) in [6.07, 6.45) is 1.70. The Morgan fingerprint density at radius 1 is 1.03 bits per heavy atom. The van der Waals surface area contributed by atoms with Crippen LogP contribution in [-0.4, -0.2) is 11.9 Å². The van der Waals surface area contributed by atoms with Gasteiger partial charge in [-0.3, -0.25) is 0 Å². The van der Waals surface area contributed by atoms with Gasteiger partial charge in [0.1, 0.15) is 12.4 Å². The van der Waals surface area contributed by atoms with Gasteiger partial charge < -0.3 is 9.47 Å². The number of cyclic esters (lactones) is 1. The summed E-state index contributed by atoms with van der Waals surface area (Å²) in [4.78, 5) is 16.7. The summed E-state index contributed by atoms with van der Waals surface area (Å²) in [5.41, 5.74) is 2.91. The minimum absolute atomic E-state index is 0.259. The van der Waals surface area contributed by atoms with E-state index in [9.17, 15) is 4.79 Å². The molecule has 0 atom stereocenters. The lowest BCUT2D eigenvalue weighted by atomic mass is 10.2. The quantitative estimate of drug-likeness (QED) is 0.173. The van der Waals surface area contributed by atoms with Crippen molar-refractivity contribution in [3.63, 3.8) is 0 Å². The predicted octanol–water partition coefficient (Wildman–Crippen LogP) is 6.58. The molecule has 0 N–H and O–H groups in total. The number of halogens is 3. The first kappa shape index (κ1) is 21.5. The summed E-state index contributed by atoms with van der Waals surface area (Å²) in [5.74, 6) is 0.555. The molecule has 4 rings (SSSR count). The number of rotatable bonds is 5. The molecule has 4 nitrogen and oxygen atoms in total. The van der Waals surface area contributed by atoms with Gasteiger partial charge in [-0.1, -0.05) is 24.3 Å². The second kappa shape index (κ2) is 9.61. The third kappa shape index (κ3) is 5.30. The first-order valence-corrected chi connectivity index (χ1v) is 11.9. The highest BCUT2D eigenvalue weighted by molar-refractivity contribution is 14.1. The number of ether oxygens (including phenoxy) is 2. The molecule has 0 aromatic heterocycles. The van der Waals surface area contributed by atoms with Gasteiger partial charge in [-0.25, -0.2) is 9.79 Å². The molecule has 0 amide bonds. The van der Waals surface area contributed by atoms with Crippen molar-refractivity contribution in [3.8, 4) is 5.75 Å². The molecule has 7 heteroatoms. The zero-order chi connectivity index (χ0) is 21.1. The number of nitrogens with zero attached hydrogens (tertiary/aromatic N) is 1. The number of hydrogen-bond donors (Lipinski definition) is 0. The summed E-state index contributed by atoms with van der Waals surface area (Å²) in [6.45, 7) is 0.475. The molecule has 3 aromatic rings. The van der Waals surface area contributed by atoms with Crippen molar-refractivity contribution in [2.24, 2.45) is 4.99 Å². The van der Waals surface area contributed by atoms with Crippen molar-refractivity contribution >= 4 is 79.1 Å². The molecule has 150 valence electrons. The van der Waals surface area contributed by atoms with E-state index in [0.29, 0.717) is 12.5 Å². The largest absolute Gasteiger partial charge is 0.489 e. The Hall–Kier alpha value is -1.72. The Morgan fingerprint density at radius 3 is 2.60 bits per heavy atom. The molecule has 0 aliphatic carbocycles. The molecule has 1 aliphatic rings. The zero-order valence-electron chi connectivity index (χ0n) is 15.4. The van der Waals surface area contributed by atoms with Crippen LogP contribution in [0.3, 0.4) is 0 Å². The van der Waals surface area contributed by atoms with Crippen LogP contribution >= 0.6 is 61.1 Å². The molecule has 1 aliphatic heterocycles. The Labute approximate surface area is 209 Å². The molecule has 0 spiro atoms. The van der Waals surface area contributed by atoms with Gasteiger partial charge in [0, 0.05) is 17.2 Å². The molecular weight excluding hydrogens is 672 g/mol. The van der Waals surface area contributed by atoms with Crippen molar-refractivity contribution < 1.29 is 14.3 Å². The third-order valence-corrected chi connectivity index (χ3v) is 7.32. The van der Waals surface area contributed by atoms with Crippen LogP contribution in [0, 0.1) is 7.14 Å². The van der Waals surface area contributed by atoms with Crippen LogP contribution in [0.25, 0.3) is 6.08 Å². The van der Waals surface area contributed by atoms with Crippen LogP contribution in [0.5, 0.6) is 5.75 Å². The van der Waals surface area contributed by atoms with E-state index >= 15 is 0 Å². The van der Waals surface area contributed by atoms with Crippen LogP contribution < -0.4 is 4.74 Å². The third-order valence-electron chi connectivity index (χ3n) is 4.27. The molecule has 0 radical (unpaired) electrons. The lowest BCUT2D eigenvalue weighted by Gasteiger charge is -2.07. The van der Waals surface area contributed by atoms with Gasteiger partial charge in [-0.05, 0) is 121 Å². The lowest BCUT2D eigenvalue weighted by Crippen LogP contribution is -2.05. The first-order chi connectivity index (χ1) is 14.5. The number of aliphatic imine (C=N–C) groups is 1. The van der Waals surface area contributed by atoms with E-state index < -0.39 is 5.97 Å². The molecule has 0 saturated carbocycles. The highest BCUT2D eigenvalue weighted by Crippen LogP contribution is 2.25. The number of hydrogen-bond acceptors (Lipinski definition) is 4. The first-order valence-electron chi connectivity index (χ1n) is 8.93. The Kier molecular flexibility index (Phi) is 6.89. The zero-order valence-corrected chi connectivity index (χ0v) is 21.3. The topological polar surface area (TPSA) is 47.9 Å². The number of benzene rings is 3. The Balaban J connectivity index is 1.51. The van der Waals surface area contributed by atoms with Gasteiger partial charge in [0.15, 0.2) is 5.70 Å². The van der Waals surface area contributed by atoms with Gasteiger partial charge in [-0.15, -0.1) is 0 Å². The van der Waals surface area contributed by atoms with Crippen molar-refractivity contribution in [1.29, 1.82) is 0 Å². The van der Waals surface area contributed by atoms with Gasteiger partial charge >= 0.3 is 5.97 Å². The van der Waals surface area contributed by atoms with Crippen LogP contribution in [0.15, 0.2) is 81.9 Å². The van der Waals surface area contributed by atoms with E-state index in [2.05, 4.69) is 66.1 Å². The van der Waals surface area contributed by atoms with Crippen LogP contribution in [0.4, 0.5) is 0 Å². The monoisotopic (exact) mass is 685 g/mol. The molecule has 0 bridgehead atoms. The summed E-state index contributed by atoms with van der Waals surface area (Å²) in [5, 5.41) is 0. The lowest BCUT2D eigenvalue weighted by molar-refractivity contribution is -0.129. The standard InChI is InChI=1S/C23H14BrI2NO3/c24-19-12-16(6-9-20(19)26)22-27-21(23(28)30-22)11-15-2-1-3-18(10-15)29-13-14-4-7-17(25)8-5-14/h1-12H,13H2/b21-11-. The normalized spacial score (nSPS) is 14.6. The minimum Gasteiger partial charge on any atom is -0.489 e. The van der Waals surface area contributed by atoms with E-state index in [1.165, 1.54) is 3.57 Å². The maximum atomic E-state index is 12.3. The molecule has 3 aromatic carbocycles. The van der Waals surface area contributed by atoms with Crippen LogP contribution in [-0.2, 0) is 16.1 Å². The van der Waals surface area contributed by atoms with Gasteiger partial charge in [0.05, 0.1) is 0 Å². The molecular formula is C23H14BrI2NO3. The second-order valence-electron chi connectivity index (χ2n) is 6.45. The van der Waals surface area contributed by atoms with E-state index in [0.717, 1.165) is 30.5 Å². The minimum atomic E-state index is -0.468. The van der Waals surface area contributed by atoms with Gasteiger partial charge in [-0.2, -0.15) is 0 Å². The van der Waals surface area contributed by atoms with Crippen molar-refractivity contribution in [2.75, 3.05) is 0 Å². The van der Waals surface area contributed by atoms with Crippen molar-refractivity contribution in [1.82, 2.24) is 0 Å². The fraction of sp³-hybridized carbons (Fsp3) is 0.0435.